The van der Waals surface area contributed by atoms with Crippen molar-refractivity contribution in [3.05, 3.63) is 65.2 Å². The summed E-state index contributed by atoms with van der Waals surface area (Å²) in [6.07, 6.45) is 14.3. The number of aliphatic hydroxyl groups is 1. The third-order valence-electron chi connectivity index (χ3n) is 8.89. The Morgan fingerprint density at radius 2 is 1.41 bits per heavy atom. The monoisotopic (exact) mass is 696 g/mol. The number of nitrogens with one attached hydrogen (secondary N) is 1. The highest BCUT2D eigenvalue weighted by Gasteiger charge is 2.39. The topological polar surface area (TPSA) is 71.0 Å². The summed E-state index contributed by atoms with van der Waals surface area (Å²) in [5.74, 6) is -0.645. The molecule has 0 unspecified atom stereocenters. The molecule has 0 aromatic heterocycles. The Balaban J connectivity index is 1.81. The van der Waals surface area contributed by atoms with Gasteiger partial charge in [-0.2, -0.15) is 0 Å². The molecule has 258 valence electrons. The highest BCUT2D eigenvalue weighted by atomic mass is 35.6. The van der Waals surface area contributed by atoms with Gasteiger partial charge in [-0.1, -0.05) is 156 Å². The van der Waals surface area contributed by atoms with Gasteiger partial charge in [0.15, 0.2) is 6.29 Å². The lowest BCUT2D eigenvalue weighted by atomic mass is 9.90. The first-order valence-corrected chi connectivity index (χ1v) is 18.5. The molecule has 2 aromatic rings. The van der Waals surface area contributed by atoms with Crippen molar-refractivity contribution in [3.8, 4) is 0 Å². The molecule has 0 saturated carbocycles. The van der Waals surface area contributed by atoms with E-state index in [0.29, 0.717) is 5.69 Å². The van der Waals surface area contributed by atoms with E-state index in [2.05, 4.69) is 31.0 Å². The van der Waals surface area contributed by atoms with Crippen molar-refractivity contribution in [1.29, 1.82) is 0 Å². The molecule has 0 bridgehead atoms. The average Bonchev–Trinajstić information content (AvgIpc) is 3.04. The number of carbonyl (C=O) groups excluding carboxylic acids is 1. The lowest BCUT2D eigenvalue weighted by molar-refractivity contribution is -0.276. The second-order valence-electron chi connectivity index (χ2n) is 12.7. The van der Waals surface area contributed by atoms with Crippen LogP contribution in [-0.2, 0) is 20.9 Å². The molecule has 1 heterocycles. The van der Waals surface area contributed by atoms with Gasteiger partial charge in [-0.25, -0.2) is 0 Å². The van der Waals surface area contributed by atoms with E-state index in [1.54, 1.807) is 6.07 Å². The number of unbranched alkanes of at least 4 members (excludes halogenated alkanes) is 10. The fourth-order valence-electron chi connectivity index (χ4n) is 6.07. The second kappa shape index (κ2) is 20.9. The summed E-state index contributed by atoms with van der Waals surface area (Å²) in [6, 6.07) is 15.3. The number of aliphatic hydroxyl groups excluding tert-OH is 1. The largest absolute Gasteiger partial charge is 0.392 e. The lowest BCUT2D eigenvalue weighted by Crippen LogP contribution is -2.45. The molecule has 4 atom stereocenters. The highest BCUT2D eigenvalue weighted by Crippen LogP contribution is 2.42. The molecule has 0 spiro atoms. The predicted octanol–water partition coefficient (Wildman–Crippen LogP) is 10.3. The van der Waals surface area contributed by atoms with Gasteiger partial charge in [0.1, 0.15) is 0 Å². The van der Waals surface area contributed by atoms with Crippen molar-refractivity contribution < 1.29 is 19.4 Å². The Morgan fingerprint density at radius 1 is 0.826 bits per heavy atom. The summed E-state index contributed by atoms with van der Waals surface area (Å²) in [7, 11) is 0. The van der Waals surface area contributed by atoms with Crippen LogP contribution in [0.5, 0.6) is 0 Å². The molecule has 1 fully saturated rings. The third-order valence-corrected chi connectivity index (χ3v) is 9.41. The van der Waals surface area contributed by atoms with E-state index in [0.717, 1.165) is 36.3 Å². The van der Waals surface area contributed by atoms with Crippen LogP contribution in [0.1, 0.15) is 127 Å². The molecule has 2 N–H and O–H groups in total. The fourth-order valence-corrected chi connectivity index (χ4v) is 6.22. The van der Waals surface area contributed by atoms with E-state index >= 15 is 0 Å². The SMILES string of the molecule is CCCCCCCCN(CCCCCCCC)C[C@@H]1O[C@H](c2cccc(NC(=O)C(Cl)(Cl)Cl)c2)O[C@H](c2ccc(CO)cc2)[C@@H]1C. The first kappa shape index (κ1) is 39.1. The van der Waals surface area contributed by atoms with Crippen LogP contribution in [0.25, 0.3) is 0 Å². The van der Waals surface area contributed by atoms with Crippen molar-refractivity contribution in [2.24, 2.45) is 5.92 Å². The molecule has 2 aromatic carbocycles. The van der Waals surface area contributed by atoms with Crippen molar-refractivity contribution in [1.82, 2.24) is 4.90 Å². The van der Waals surface area contributed by atoms with Gasteiger partial charge >= 0.3 is 0 Å². The lowest BCUT2D eigenvalue weighted by Gasteiger charge is -2.43. The van der Waals surface area contributed by atoms with Crippen LogP contribution in [-0.4, -0.2) is 45.4 Å². The van der Waals surface area contributed by atoms with Crippen LogP contribution in [0.15, 0.2) is 48.5 Å². The minimum Gasteiger partial charge on any atom is -0.392 e. The average molecular weight is 698 g/mol. The molecular formula is C37H55Cl3N2O4. The molecule has 6 nitrogen and oxygen atoms in total. The van der Waals surface area contributed by atoms with Crippen LogP contribution in [0.4, 0.5) is 5.69 Å². The van der Waals surface area contributed by atoms with E-state index in [-0.39, 0.29) is 24.7 Å². The van der Waals surface area contributed by atoms with Gasteiger partial charge in [0, 0.05) is 23.7 Å². The van der Waals surface area contributed by atoms with E-state index in [1.165, 1.54) is 77.0 Å². The molecule has 46 heavy (non-hydrogen) atoms. The number of nitrogens with zero attached hydrogens (tertiary/aromatic N) is 1. The number of benzene rings is 2. The van der Waals surface area contributed by atoms with Gasteiger partial charge in [0.25, 0.3) is 9.70 Å². The summed E-state index contributed by atoms with van der Waals surface area (Å²) in [5.41, 5.74) is 3.17. The van der Waals surface area contributed by atoms with Crippen molar-refractivity contribution in [2.45, 2.75) is 127 Å². The van der Waals surface area contributed by atoms with E-state index < -0.39 is 16.0 Å². The zero-order valence-electron chi connectivity index (χ0n) is 28.0. The maximum Gasteiger partial charge on any atom is 0.276 e. The van der Waals surface area contributed by atoms with Gasteiger partial charge in [0.2, 0.25) is 0 Å². The smallest absolute Gasteiger partial charge is 0.276 e. The molecule has 1 amide bonds. The van der Waals surface area contributed by atoms with Crippen molar-refractivity contribution in [3.63, 3.8) is 0 Å². The van der Waals surface area contributed by atoms with Crippen LogP contribution >= 0.6 is 34.8 Å². The summed E-state index contributed by atoms with van der Waals surface area (Å²) in [6.45, 7) is 9.66. The number of rotatable bonds is 20. The molecule has 1 saturated heterocycles. The van der Waals surface area contributed by atoms with E-state index in [1.807, 2.05) is 42.5 Å². The second-order valence-corrected chi connectivity index (χ2v) is 15.0. The van der Waals surface area contributed by atoms with Gasteiger partial charge < -0.3 is 24.8 Å². The Hall–Kier alpha value is -1.38. The number of halogens is 3. The van der Waals surface area contributed by atoms with Crippen LogP contribution in [0, 0.1) is 5.92 Å². The Bertz CT molecular complexity index is 1130. The molecule has 0 aliphatic carbocycles. The summed E-state index contributed by atoms with van der Waals surface area (Å²) >= 11 is 17.4. The minimum absolute atomic E-state index is 0.00568. The van der Waals surface area contributed by atoms with E-state index in [4.69, 9.17) is 44.3 Å². The molecule has 1 aliphatic heterocycles. The number of amides is 1. The predicted molar refractivity (Wildman–Crippen MR) is 192 cm³/mol. The standard InChI is InChI=1S/C37H55Cl3N2O4/c1-4-6-8-10-12-14-23-42(24-15-13-11-9-7-5-2)26-33-28(3)34(30-21-19-29(27-43)20-22-30)46-35(45-33)31-17-16-18-32(25-31)41-36(44)37(38,39)40/h16-22,25,28,33-35,43H,4-15,23-24,26-27H2,1-3H3,(H,41,44)/t28-,33+,34+,35+/m1/s1. The minimum atomic E-state index is -2.07. The summed E-state index contributed by atoms with van der Waals surface area (Å²) in [4.78, 5) is 15.0. The number of anilines is 1. The number of alkyl halides is 3. The summed E-state index contributed by atoms with van der Waals surface area (Å²) < 4.78 is 11.4. The zero-order chi connectivity index (χ0) is 33.4. The van der Waals surface area contributed by atoms with Crippen LogP contribution < -0.4 is 5.32 Å². The fraction of sp³-hybridized carbons (Fsp3) is 0.649. The third kappa shape index (κ3) is 13.3. The number of hydrogen-bond donors (Lipinski definition) is 2. The number of ether oxygens (including phenoxy) is 2. The van der Waals surface area contributed by atoms with E-state index in [9.17, 15) is 9.90 Å². The van der Waals surface area contributed by atoms with Gasteiger partial charge in [-0.05, 0) is 49.2 Å². The number of carbonyl (C=O) groups is 1. The molecule has 9 heteroatoms. The van der Waals surface area contributed by atoms with Crippen LogP contribution in [0.2, 0.25) is 0 Å². The molecule has 3 rings (SSSR count). The first-order chi connectivity index (χ1) is 22.2. The normalized spacial score (nSPS) is 20.3. The quantitative estimate of drug-likeness (QED) is 0.106. The molecule has 0 radical (unpaired) electrons. The van der Waals surface area contributed by atoms with Gasteiger partial charge in [0.05, 0.1) is 18.8 Å². The molecule has 1 aliphatic rings. The Labute approximate surface area is 292 Å². The highest BCUT2D eigenvalue weighted by molar-refractivity contribution is 6.76. The van der Waals surface area contributed by atoms with Crippen molar-refractivity contribution >= 4 is 46.4 Å². The first-order valence-electron chi connectivity index (χ1n) is 17.4. The maximum atomic E-state index is 12.4. The Morgan fingerprint density at radius 3 is 1.98 bits per heavy atom. The van der Waals surface area contributed by atoms with Gasteiger partial charge in [-0.15, -0.1) is 0 Å². The summed E-state index contributed by atoms with van der Waals surface area (Å²) in [5, 5.41) is 12.3. The zero-order valence-corrected chi connectivity index (χ0v) is 30.3. The maximum absolute atomic E-state index is 12.4. The van der Waals surface area contributed by atoms with Gasteiger partial charge in [-0.3, -0.25) is 4.79 Å². The number of hydrogen-bond acceptors (Lipinski definition) is 5. The van der Waals surface area contributed by atoms with Crippen LogP contribution in [0.3, 0.4) is 0 Å². The molecular weight excluding hydrogens is 643 g/mol. The van der Waals surface area contributed by atoms with Crippen molar-refractivity contribution in [2.75, 3.05) is 25.0 Å². The Kier molecular flexibility index (Phi) is 17.7.